The molecule has 1 unspecified atom stereocenters. The van der Waals surface area contributed by atoms with E-state index in [2.05, 4.69) is 4.98 Å². The van der Waals surface area contributed by atoms with Crippen LogP contribution in [0.1, 0.15) is 77.0 Å². The number of nitrogens with zero attached hydrogens (tertiary/aromatic N) is 1. The van der Waals surface area contributed by atoms with Crippen LogP contribution in [-0.2, 0) is 9.47 Å². The van der Waals surface area contributed by atoms with E-state index in [-0.39, 0.29) is 34.6 Å². The van der Waals surface area contributed by atoms with E-state index < -0.39 is 35.6 Å². The second-order valence-corrected chi connectivity index (χ2v) is 7.19. The molecule has 0 saturated heterocycles. The Labute approximate surface area is 178 Å². The van der Waals surface area contributed by atoms with Gasteiger partial charge in [-0.1, -0.05) is 0 Å². The number of Topliss-reactive ketones (excluding diaryl/α,β-unsaturated/α-hetero) is 1. The molecule has 9 heteroatoms. The predicted molar refractivity (Wildman–Crippen MR) is 108 cm³/mol. The molecule has 2 heterocycles. The maximum atomic E-state index is 12.8. The molecule has 9 nitrogen and oxygen atoms in total. The molecule has 0 aliphatic carbocycles. The maximum Gasteiger partial charge on any atom is 0.340 e. The van der Waals surface area contributed by atoms with E-state index in [1.54, 1.807) is 20.8 Å². The molecule has 162 valence electrons. The molecule has 1 N–H and O–H groups in total. The van der Waals surface area contributed by atoms with Crippen molar-refractivity contribution in [3.8, 4) is 0 Å². The van der Waals surface area contributed by atoms with Gasteiger partial charge in [-0.15, -0.1) is 0 Å². The Kier molecular flexibility index (Phi) is 5.79. The molecule has 31 heavy (non-hydrogen) atoms. The summed E-state index contributed by atoms with van der Waals surface area (Å²) >= 11 is 0. The van der Waals surface area contributed by atoms with E-state index in [1.165, 1.54) is 32.2 Å². The van der Waals surface area contributed by atoms with Gasteiger partial charge in [-0.2, -0.15) is 0 Å². The first kappa shape index (κ1) is 21.9. The molecular weight excluding hydrogens is 404 g/mol. The molecule has 0 fully saturated rings. The van der Waals surface area contributed by atoms with Crippen molar-refractivity contribution in [1.82, 2.24) is 9.88 Å². The molecule has 1 aromatic heterocycles. The quantitative estimate of drug-likeness (QED) is 0.428. The maximum absolute atomic E-state index is 12.8. The number of imide groups is 1. The third-order valence-electron chi connectivity index (χ3n) is 5.14. The van der Waals surface area contributed by atoms with Gasteiger partial charge >= 0.3 is 11.9 Å². The molecule has 2 aromatic rings. The highest BCUT2D eigenvalue weighted by Gasteiger charge is 2.34. The van der Waals surface area contributed by atoms with Crippen molar-refractivity contribution in [2.45, 2.75) is 33.8 Å². The number of amides is 2. The molecule has 1 aliphatic rings. The lowest BCUT2D eigenvalue weighted by molar-refractivity contribution is 0.0316. The van der Waals surface area contributed by atoms with E-state index in [0.29, 0.717) is 11.3 Å². The van der Waals surface area contributed by atoms with Crippen molar-refractivity contribution >= 4 is 29.5 Å². The number of aromatic nitrogens is 1. The molecule has 2 amide bonds. The molecule has 0 spiro atoms. The van der Waals surface area contributed by atoms with Gasteiger partial charge in [-0.25, -0.2) is 9.59 Å². The van der Waals surface area contributed by atoms with Crippen LogP contribution in [0.15, 0.2) is 18.2 Å². The topological polar surface area (TPSA) is 123 Å². The normalized spacial score (nSPS) is 13.8. The number of benzene rings is 1. The summed E-state index contributed by atoms with van der Waals surface area (Å²) in [6, 6.07) is 4.03. The van der Waals surface area contributed by atoms with Gasteiger partial charge in [0.2, 0.25) is 5.78 Å². The zero-order valence-corrected chi connectivity index (χ0v) is 17.8. The smallest absolute Gasteiger partial charge is 0.340 e. The Hall–Kier alpha value is -3.75. The number of nitrogens with one attached hydrogen (secondary N) is 1. The van der Waals surface area contributed by atoms with Crippen LogP contribution in [0.2, 0.25) is 0 Å². The van der Waals surface area contributed by atoms with Gasteiger partial charge in [-0.05, 0) is 51.5 Å². The van der Waals surface area contributed by atoms with Gasteiger partial charge in [0.05, 0.1) is 34.6 Å². The van der Waals surface area contributed by atoms with E-state index in [0.717, 1.165) is 4.90 Å². The number of rotatable bonds is 6. The average molecular weight is 426 g/mol. The fourth-order valence-corrected chi connectivity index (χ4v) is 3.48. The van der Waals surface area contributed by atoms with Crippen molar-refractivity contribution in [2.24, 2.45) is 0 Å². The summed E-state index contributed by atoms with van der Waals surface area (Å²) in [5.74, 6) is -2.83. The highest BCUT2D eigenvalue weighted by Crippen LogP contribution is 2.24. The molecule has 1 aliphatic heterocycles. The van der Waals surface area contributed by atoms with Gasteiger partial charge in [0.25, 0.3) is 11.8 Å². The third-order valence-corrected chi connectivity index (χ3v) is 5.14. The number of ether oxygens (including phenoxy) is 2. The number of hydrogen-bond acceptors (Lipinski definition) is 7. The lowest BCUT2D eigenvalue weighted by Gasteiger charge is -2.12. The zero-order valence-electron chi connectivity index (χ0n) is 17.8. The Morgan fingerprint density at radius 2 is 1.71 bits per heavy atom. The highest BCUT2D eigenvalue weighted by atomic mass is 16.5. The van der Waals surface area contributed by atoms with Crippen molar-refractivity contribution in [2.75, 3.05) is 13.7 Å². The predicted octanol–water partition coefficient (Wildman–Crippen LogP) is 2.46. The molecule has 0 radical (unpaired) electrons. The Morgan fingerprint density at radius 1 is 1.06 bits per heavy atom. The van der Waals surface area contributed by atoms with Gasteiger partial charge in [0.15, 0.2) is 6.10 Å². The van der Waals surface area contributed by atoms with Gasteiger partial charge in [0.1, 0.15) is 0 Å². The van der Waals surface area contributed by atoms with Crippen molar-refractivity contribution < 1.29 is 33.4 Å². The van der Waals surface area contributed by atoms with Crippen LogP contribution in [0.25, 0.3) is 0 Å². The van der Waals surface area contributed by atoms with E-state index >= 15 is 0 Å². The number of aryl methyl sites for hydroxylation is 1. The summed E-state index contributed by atoms with van der Waals surface area (Å²) in [4.78, 5) is 65.4. The van der Waals surface area contributed by atoms with Crippen molar-refractivity contribution in [1.29, 1.82) is 0 Å². The summed E-state index contributed by atoms with van der Waals surface area (Å²) in [6.45, 7) is 6.55. The number of hydrogen-bond donors (Lipinski definition) is 1. The van der Waals surface area contributed by atoms with E-state index in [9.17, 15) is 24.0 Å². The first-order valence-corrected chi connectivity index (χ1v) is 9.66. The first-order chi connectivity index (χ1) is 14.6. The number of ketones is 1. The minimum absolute atomic E-state index is 0.0430. The van der Waals surface area contributed by atoms with Crippen molar-refractivity contribution in [3.05, 3.63) is 57.4 Å². The molecule has 0 saturated carbocycles. The van der Waals surface area contributed by atoms with Crippen LogP contribution in [-0.4, -0.2) is 59.2 Å². The molecular formula is C22H22N2O7. The van der Waals surface area contributed by atoms with E-state index in [4.69, 9.17) is 9.47 Å². The molecule has 0 bridgehead atoms. The van der Waals surface area contributed by atoms with Crippen LogP contribution in [0.5, 0.6) is 0 Å². The zero-order chi connectivity index (χ0) is 23.0. The summed E-state index contributed by atoms with van der Waals surface area (Å²) in [7, 11) is 1.36. The molecule has 1 atom stereocenters. The van der Waals surface area contributed by atoms with Crippen molar-refractivity contribution in [3.63, 3.8) is 0 Å². The Morgan fingerprint density at radius 3 is 2.35 bits per heavy atom. The minimum atomic E-state index is -1.16. The Balaban J connectivity index is 1.79. The van der Waals surface area contributed by atoms with Crippen LogP contribution in [0, 0.1) is 13.8 Å². The minimum Gasteiger partial charge on any atom is -0.462 e. The van der Waals surface area contributed by atoms with Gasteiger partial charge < -0.3 is 14.5 Å². The summed E-state index contributed by atoms with van der Waals surface area (Å²) in [5.41, 5.74) is 1.67. The second kappa shape index (κ2) is 8.17. The standard InChI is InChI=1S/C22H22N2O7/c1-6-30-22(29)16-10(2)17(23-11(16)3)18(25)12(4)31-21(28)13-7-8-14-15(9-13)20(27)24(5)19(14)26/h7-9,12,23H,6H2,1-5H3. The fourth-order valence-electron chi connectivity index (χ4n) is 3.48. The Bertz CT molecular complexity index is 1130. The van der Waals surface area contributed by atoms with Gasteiger partial charge in [0, 0.05) is 12.7 Å². The van der Waals surface area contributed by atoms with Crippen LogP contribution in [0.3, 0.4) is 0 Å². The summed E-state index contributed by atoms with van der Waals surface area (Å²) in [6.07, 6.45) is -1.16. The second-order valence-electron chi connectivity index (χ2n) is 7.19. The van der Waals surface area contributed by atoms with Crippen LogP contribution < -0.4 is 0 Å². The lowest BCUT2D eigenvalue weighted by atomic mass is 10.0. The number of carbonyl (C=O) groups excluding carboxylic acids is 5. The van der Waals surface area contributed by atoms with Crippen LogP contribution >= 0.6 is 0 Å². The van der Waals surface area contributed by atoms with Crippen LogP contribution in [0.4, 0.5) is 0 Å². The summed E-state index contributed by atoms with van der Waals surface area (Å²) < 4.78 is 10.3. The summed E-state index contributed by atoms with van der Waals surface area (Å²) in [5, 5.41) is 0. The van der Waals surface area contributed by atoms with Gasteiger partial charge in [-0.3, -0.25) is 19.3 Å². The number of H-pyrrole nitrogens is 1. The SMILES string of the molecule is CCOC(=O)c1c(C)[nH]c(C(=O)C(C)OC(=O)c2ccc3c(c2)C(=O)N(C)C3=O)c1C. The number of esters is 2. The monoisotopic (exact) mass is 426 g/mol. The lowest BCUT2D eigenvalue weighted by Crippen LogP contribution is -2.25. The largest absolute Gasteiger partial charge is 0.462 e. The number of fused-ring (bicyclic) bond motifs is 1. The average Bonchev–Trinajstić information content (AvgIpc) is 3.15. The fraction of sp³-hybridized carbons (Fsp3) is 0.318. The molecule has 1 aromatic carbocycles. The van der Waals surface area contributed by atoms with E-state index in [1.807, 2.05) is 0 Å². The number of aromatic amines is 1. The third kappa shape index (κ3) is 3.74. The highest BCUT2D eigenvalue weighted by molar-refractivity contribution is 6.21. The first-order valence-electron chi connectivity index (χ1n) is 9.66. The number of carbonyl (C=O) groups is 5. The molecule has 3 rings (SSSR count).